The number of hydrogen-bond acceptors (Lipinski definition) is 0. The third-order valence-corrected chi connectivity index (χ3v) is 4.72. The van der Waals surface area contributed by atoms with Gasteiger partial charge in [0.1, 0.15) is 12.9 Å². The van der Waals surface area contributed by atoms with Crippen molar-refractivity contribution in [2.24, 2.45) is 7.05 Å². The number of benzene rings is 3. The number of fused-ring (bicyclic) bond motifs is 1. The Hall–Kier alpha value is -3.00. The Kier molecular flexibility index (Phi) is 3.81. The Balaban J connectivity index is 1.99. The molecule has 1 aromatic heterocycles. The SMILES string of the molecule is Cc1ccccc1-c1c2cc(-c3ccc(F)cc3)ccc2cc[n+]1C. The lowest BCUT2D eigenvalue weighted by atomic mass is 9.96. The van der Waals surface area contributed by atoms with Crippen LogP contribution in [0.1, 0.15) is 5.56 Å². The molecule has 25 heavy (non-hydrogen) atoms. The lowest BCUT2D eigenvalue weighted by Crippen LogP contribution is -2.30. The molecule has 0 atom stereocenters. The summed E-state index contributed by atoms with van der Waals surface area (Å²) in [7, 11) is 2.08. The van der Waals surface area contributed by atoms with Gasteiger partial charge in [0.05, 0.1) is 5.39 Å². The van der Waals surface area contributed by atoms with E-state index in [0.29, 0.717) is 0 Å². The van der Waals surface area contributed by atoms with Gasteiger partial charge in [0.25, 0.3) is 0 Å². The number of aromatic nitrogens is 1. The molecule has 0 bridgehead atoms. The summed E-state index contributed by atoms with van der Waals surface area (Å²) in [5.74, 6) is -0.212. The van der Waals surface area contributed by atoms with E-state index >= 15 is 0 Å². The molecule has 1 nitrogen and oxygen atoms in total. The Morgan fingerprint density at radius 3 is 2.28 bits per heavy atom. The summed E-state index contributed by atoms with van der Waals surface area (Å²) in [6.45, 7) is 2.14. The average Bonchev–Trinajstić information content (AvgIpc) is 2.63. The molecule has 0 spiro atoms. The zero-order valence-electron chi connectivity index (χ0n) is 14.3. The van der Waals surface area contributed by atoms with Gasteiger partial charge in [-0.3, -0.25) is 0 Å². The topological polar surface area (TPSA) is 3.88 Å². The fourth-order valence-corrected chi connectivity index (χ4v) is 3.36. The molecular formula is C23H19FN+. The largest absolute Gasteiger partial charge is 0.220 e. The van der Waals surface area contributed by atoms with E-state index in [-0.39, 0.29) is 5.82 Å². The van der Waals surface area contributed by atoms with Crippen molar-refractivity contribution in [1.82, 2.24) is 0 Å². The van der Waals surface area contributed by atoms with Gasteiger partial charge in [0.15, 0.2) is 6.20 Å². The first-order chi connectivity index (χ1) is 12.1. The summed E-state index contributed by atoms with van der Waals surface area (Å²) in [6.07, 6.45) is 2.10. The molecule has 0 aliphatic carbocycles. The molecule has 0 aliphatic heterocycles. The Morgan fingerprint density at radius 2 is 1.52 bits per heavy atom. The fourth-order valence-electron chi connectivity index (χ4n) is 3.36. The monoisotopic (exact) mass is 328 g/mol. The zero-order valence-corrected chi connectivity index (χ0v) is 14.3. The van der Waals surface area contributed by atoms with Crippen LogP contribution in [0.25, 0.3) is 33.2 Å². The average molecular weight is 328 g/mol. The van der Waals surface area contributed by atoms with E-state index in [0.717, 1.165) is 11.1 Å². The Labute approximate surface area is 147 Å². The van der Waals surface area contributed by atoms with Gasteiger partial charge in [0.2, 0.25) is 5.69 Å². The minimum absolute atomic E-state index is 0.212. The molecule has 0 saturated carbocycles. The minimum Gasteiger partial charge on any atom is -0.207 e. The van der Waals surface area contributed by atoms with Crippen LogP contribution < -0.4 is 4.57 Å². The predicted octanol–water partition coefficient (Wildman–Crippen LogP) is 5.45. The second-order valence-corrected chi connectivity index (χ2v) is 6.40. The molecule has 0 saturated heterocycles. The lowest BCUT2D eigenvalue weighted by Gasteiger charge is -2.09. The van der Waals surface area contributed by atoms with Crippen LogP contribution in [0.3, 0.4) is 0 Å². The first kappa shape index (κ1) is 15.5. The second-order valence-electron chi connectivity index (χ2n) is 6.40. The highest BCUT2D eigenvalue weighted by molar-refractivity contribution is 5.96. The number of hydrogen-bond donors (Lipinski definition) is 0. The molecule has 0 N–H and O–H groups in total. The van der Waals surface area contributed by atoms with Gasteiger partial charge in [-0.2, -0.15) is 0 Å². The van der Waals surface area contributed by atoms with Crippen LogP contribution in [0.2, 0.25) is 0 Å². The van der Waals surface area contributed by atoms with Gasteiger partial charge < -0.3 is 0 Å². The van der Waals surface area contributed by atoms with Crippen LogP contribution in [0.15, 0.2) is 79.0 Å². The highest BCUT2D eigenvalue weighted by Gasteiger charge is 2.17. The van der Waals surface area contributed by atoms with Crippen LogP contribution in [0.5, 0.6) is 0 Å². The van der Waals surface area contributed by atoms with Crippen molar-refractivity contribution >= 4 is 10.8 Å². The van der Waals surface area contributed by atoms with Gasteiger partial charge in [-0.05, 0) is 53.3 Å². The summed E-state index contributed by atoms with van der Waals surface area (Å²) >= 11 is 0. The van der Waals surface area contributed by atoms with Crippen LogP contribution in [-0.2, 0) is 7.05 Å². The summed E-state index contributed by atoms with van der Waals surface area (Å²) in [4.78, 5) is 0. The summed E-state index contributed by atoms with van der Waals surface area (Å²) < 4.78 is 15.4. The van der Waals surface area contributed by atoms with Crippen molar-refractivity contribution < 1.29 is 8.96 Å². The summed E-state index contributed by atoms with van der Waals surface area (Å²) in [5.41, 5.74) is 5.78. The third kappa shape index (κ3) is 2.80. The van der Waals surface area contributed by atoms with E-state index in [2.05, 4.69) is 73.3 Å². The van der Waals surface area contributed by atoms with Crippen molar-refractivity contribution in [1.29, 1.82) is 0 Å². The number of nitrogens with zero attached hydrogens (tertiary/aromatic N) is 1. The quantitative estimate of drug-likeness (QED) is 0.431. The van der Waals surface area contributed by atoms with E-state index in [1.165, 1.54) is 39.7 Å². The van der Waals surface area contributed by atoms with Gasteiger partial charge in [-0.1, -0.05) is 42.5 Å². The molecule has 0 amide bonds. The van der Waals surface area contributed by atoms with Crippen molar-refractivity contribution in [3.63, 3.8) is 0 Å². The van der Waals surface area contributed by atoms with Gasteiger partial charge >= 0.3 is 0 Å². The standard InChI is InChI=1S/C23H19FN/c1-16-5-3-4-6-21(16)23-22-15-19(17-9-11-20(24)12-10-17)8-7-18(22)13-14-25(23)2/h3-15H,1-2H3/q+1. The molecule has 0 radical (unpaired) electrons. The molecule has 0 aliphatic rings. The molecule has 2 heteroatoms. The van der Waals surface area contributed by atoms with E-state index in [1.807, 2.05) is 12.1 Å². The van der Waals surface area contributed by atoms with E-state index in [4.69, 9.17) is 0 Å². The van der Waals surface area contributed by atoms with Crippen molar-refractivity contribution in [3.8, 4) is 22.4 Å². The molecule has 122 valence electrons. The third-order valence-electron chi connectivity index (χ3n) is 4.72. The maximum atomic E-state index is 13.2. The number of pyridine rings is 1. The van der Waals surface area contributed by atoms with Crippen molar-refractivity contribution in [2.45, 2.75) is 6.92 Å². The van der Waals surface area contributed by atoms with E-state index in [9.17, 15) is 4.39 Å². The first-order valence-corrected chi connectivity index (χ1v) is 8.38. The Bertz CT molecular complexity index is 1070. The maximum Gasteiger partial charge on any atom is 0.220 e. The van der Waals surface area contributed by atoms with E-state index < -0.39 is 0 Å². The van der Waals surface area contributed by atoms with E-state index in [1.54, 1.807) is 0 Å². The van der Waals surface area contributed by atoms with Crippen LogP contribution >= 0.6 is 0 Å². The summed E-state index contributed by atoms with van der Waals surface area (Å²) in [5, 5.41) is 2.39. The smallest absolute Gasteiger partial charge is 0.207 e. The minimum atomic E-state index is -0.212. The highest BCUT2D eigenvalue weighted by Crippen LogP contribution is 2.31. The molecular weight excluding hydrogens is 309 g/mol. The lowest BCUT2D eigenvalue weighted by molar-refractivity contribution is -0.659. The van der Waals surface area contributed by atoms with Crippen LogP contribution in [-0.4, -0.2) is 0 Å². The van der Waals surface area contributed by atoms with Crippen LogP contribution in [0, 0.1) is 12.7 Å². The molecule has 4 aromatic rings. The first-order valence-electron chi connectivity index (χ1n) is 8.38. The normalized spacial score (nSPS) is 11.0. The highest BCUT2D eigenvalue weighted by atomic mass is 19.1. The molecule has 3 aromatic carbocycles. The molecule has 1 heterocycles. The number of halogens is 1. The number of rotatable bonds is 2. The molecule has 0 unspecified atom stereocenters. The van der Waals surface area contributed by atoms with Gasteiger partial charge in [0, 0.05) is 11.6 Å². The molecule has 0 fully saturated rings. The van der Waals surface area contributed by atoms with Crippen molar-refractivity contribution in [2.75, 3.05) is 0 Å². The van der Waals surface area contributed by atoms with Crippen molar-refractivity contribution in [3.05, 3.63) is 90.4 Å². The zero-order chi connectivity index (χ0) is 17.4. The molecule has 4 rings (SSSR count). The predicted molar refractivity (Wildman–Crippen MR) is 101 cm³/mol. The number of aryl methyl sites for hydroxylation is 2. The van der Waals surface area contributed by atoms with Crippen LogP contribution in [0.4, 0.5) is 4.39 Å². The fraction of sp³-hybridized carbons (Fsp3) is 0.0870. The second kappa shape index (κ2) is 6.14. The maximum absolute atomic E-state index is 13.2. The van der Waals surface area contributed by atoms with Gasteiger partial charge in [-0.15, -0.1) is 0 Å². The summed E-state index contributed by atoms with van der Waals surface area (Å²) in [6, 6.07) is 23.7. The Morgan fingerprint density at radius 1 is 0.800 bits per heavy atom. The van der Waals surface area contributed by atoms with Gasteiger partial charge in [-0.25, -0.2) is 8.96 Å².